The molecule has 1 amide bonds. The van der Waals surface area contributed by atoms with Gasteiger partial charge >= 0.3 is 0 Å². The van der Waals surface area contributed by atoms with Crippen LogP contribution in [0.15, 0.2) is 11.9 Å². The van der Waals surface area contributed by atoms with E-state index in [4.69, 9.17) is 5.73 Å². The van der Waals surface area contributed by atoms with Crippen molar-refractivity contribution in [3.8, 4) is 0 Å². The molecule has 3 N–H and O–H groups in total. The molecule has 0 spiro atoms. The number of nitrogens with one attached hydrogen (secondary N) is 1. The summed E-state index contributed by atoms with van der Waals surface area (Å²) in [6, 6.07) is 0.489. The Morgan fingerprint density at radius 3 is 2.92 bits per heavy atom. The highest BCUT2D eigenvalue weighted by Crippen LogP contribution is 2.16. The normalized spacial score (nSPS) is 28.8. The van der Waals surface area contributed by atoms with E-state index in [1.165, 1.54) is 0 Å². The highest BCUT2D eigenvalue weighted by molar-refractivity contribution is 5.47. The van der Waals surface area contributed by atoms with E-state index in [9.17, 15) is 4.79 Å². The number of carbonyl (C=O) groups excluding carboxylic acids is 1. The molecule has 2 heterocycles. The highest BCUT2D eigenvalue weighted by Gasteiger charge is 2.29. The molecule has 0 aromatic heterocycles. The van der Waals surface area contributed by atoms with Crippen LogP contribution in [0.4, 0.5) is 0 Å². The molecule has 2 aliphatic rings. The van der Waals surface area contributed by atoms with Crippen LogP contribution in [0.2, 0.25) is 0 Å². The van der Waals surface area contributed by atoms with Gasteiger partial charge in [0.15, 0.2) is 0 Å². The maximum Gasteiger partial charge on any atom is 0.211 e. The molecule has 0 aliphatic carbocycles. The van der Waals surface area contributed by atoms with Crippen LogP contribution in [0.1, 0.15) is 6.42 Å². The smallest absolute Gasteiger partial charge is 0.211 e. The number of carbonyl (C=O) groups is 1. The lowest BCUT2D eigenvalue weighted by molar-refractivity contribution is -0.136. The Kier molecular flexibility index (Phi) is 2.10. The monoisotopic (exact) mass is 182 g/mol. The minimum absolute atomic E-state index is 0.489. The van der Waals surface area contributed by atoms with Crippen molar-refractivity contribution in [2.45, 2.75) is 12.5 Å². The Hall–Kier alpha value is -1.23. The van der Waals surface area contributed by atoms with Gasteiger partial charge in [0.05, 0.1) is 19.2 Å². The SMILES string of the molecule is NC1=CCC(N2CN(C=O)C2)CN1. The second kappa shape index (κ2) is 3.26. The van der Waals surface area contributed by atoms with Crippen LogP contribution in [0, 0.1) is 0 Å². The number of amides is 1. The van der Waals surface area contributed by atoms with Gasteiger partial charge in [0.25, 0.3) is 0 Å². The molecular weight excluding hydrogens is 168 g/mol. The first-order chi connectivity index (χ1) is 6.29. The lowest BCUT2D eigenvalue weighted by Crippen LogP contribution is -2.61. The van der Waals surface area contributed by atoms with Gasteiger partial charge in [-0.25, -0.2) is 0 Å². The molecule has 0 aromatic carbocycles. The summed E-state index contributed by atoms with van der Waals surface area (Å²) < 4.78 is 0. The Balaban J connectivity index is 1.81. The second-order valence-corrected chi connectivity index (χ2v) is 3.50. The molecule has 1 atom stereocenters. The Morgan fingerprint density at radius 1 is 1.62 bits per heavy atom. The molecule has 1 fully saturated rings. The number of hydrogen-bond acceptors (Lipinski definition) is 4. The number of nitrogens with two attached hydrogens (primary N) is 1. The van der Waals surface area contributed by atoms with Gasteiger partial charge in [-0.05, 0) is 12.5 Å². The van der Waals surface area contributed by atoms with Crippen LogP contribution < -0.4 is 11.1 Å². The molecule has 5 nitrogen and oxygen atoms in total. The highest BCUT2D eigenvalue weighted by atomic mass is 16.1. The van der Waals surface area contributed by atoms with Gasteiger partial charge in [0.1, 0.15) is 0 Å². The van der Waals surface area contributed by atoms with E-state index in [-0.39, 0.29) is 0 Å². The minimum atomic E-state index is 0.489. The Labute approximate surface area is 77.2 Å². The van der Waals surface area contributed by atoms with Crippen LogP contribution in [-0.4, -0.2) is 42.1 Å². The van der Waals surface area contributed by atoms with Gasteiger partial charge in [0.2, 0.25) is 6.41 Å². The summed E-state index contributed by atoms with van der Waals surface area (Å²) in [7, 11) is 0. The predicted molar refractivity (Wildman–Crippen MR) is 48.2 cm³/mol. The second-order valence-electron chi connectivity index (χ2n) is 3.50. The van der Waals surface area contributed by atoms with Gasteiger partial charge in [-0.1, -0.05) is 0 Å². The Morgan fingerprint density at radius 2 is 2.38 bits per heavy atom. The molecule has 72 valence electrons. The van der Waals surface area contributed by atoms with Crippen molar-refractivity contribution < 1.29 is 4.79 Å². The lowest BCUT2D eigenvalue weighted by Gasteiger charge is -2.45. The van der Waals surface area contributed by atoms with Crippen molar-refractivity contribution in [2.75, 3.05) is 19.9 Å². The zero-order valence-corrected chi connectivity index (χ0v) is 7.44. The van der Waals surface area contributed by atoms with Crippen molar-refractivity contribution >= 4 is 6.41 Å². The predicted octanol–water partition coefficient (Wildman–Crippen LogP) is -1.16. The Bertz CT molecular complexity index is 234. The number of rotatable bonds is 2. The van der Waals surface area contributed by atoms with Crippen molar-refractivity contribution in [3.63, 3.8) is 0 Å². The average Bonchev–Trinajstić information content (AvgIpc) is 2.06. The summed E-state index contributed by atoms with van der Waals surface area (Å²) in [6.07, 6.45) is 3.86. The minimum Gasteiger partial charge on any atom is -0.386 e. The molecule has 1 unspecified atom stereocenters. The van der Waals surface area contributed by atoms with E-state index in [1.807, 2.05) is 6.08 Å². The summed E-state index contributed by atoms with van der Waals surface area (Å²) in [6.45, 7) is 2.39. The summed E-state index contributed by atoms with van der Waals surface area (Å²) in [4.78, 5) is 14.3. The topological polar surface area (TPSA) is 61.6 Å². The van der Waals surface area contributed by atoms with Crippen LogP contribution in [-0.2, 0) is 4.79 Å². The van der Waals surface area contributed by atoms with Gasteiger partial charge in [-0.3, -0.25) is 9.69 Å². The third-order valence-corrected chi connectivity index (χ3v) is 2.54. The molecular formula is C8H14N4O. The van der Waals surface area contributed by atoms with Crippen LogP contribution in [0.25, 0.3) is 0 Å². The fraction of sp³-hybridized carbons (Fsp3) is 0.625. The van der Waals surface area contributed by atoms with Gasteiger partial charge in [-0.2, -0.15) is 0 Å². The van der Waals surface area contributed by atoms with E-state index in [1.54, 1.807) is 4.90 Å². The largest absolute Gasteiger partial charge is 0.386 e. The number of hydrogen-bond donors (Lipinski definition) is 2. The van der Waals surface area contributed by atoms with Crippen molar-refractivity contribution in [3.05, 3.63) is 11.9 Å². The zero-order chi connectivity index (χ0) is 9.26. The lowest BCUT2D eigenvalue weighted by atomic mass is 10.1. The summed E-state index contributed by atoms with van der Waals surface area (Å²) in [5.74, 6) is 0.768. The van der Waals surface area contributed by atoms with Gasteiger partial charge < -0.3 is 16.0 Å². The molecule has 2 rings (SSSR count). The first-order valence-electron chi connectivity index (χ1n) is 4.42. The maximum atomic E-state index is 10.3. The molecule has 1 saturated heterocycles. The first-order valence-corrected chi connectivity index (χ1v) is 4.42. The van der Waals surface area contributed by atoms with Crippen molar-refractivity contribution in [2.24, 2.45) is 5.73 Å². The van der Waals surface area contributed by atoms with Gasteiger partial charge in [-0.15, -0.1) is 0 Å². The standard InChI is InChI=1S/C8H14N4O/c9-8-2-1-7(3-10-8)12-4-11(5-12)6-13/h2,6-7,10H,1,3-5,9H2. The maximum absolute atomic E-state index is 10.3. The van der Waals surface area contributed by atoms with Crippen LogP contribution in [0.5, 0.6) is 0 Å². The first kappa shape index (κ1) is 8.37. The zero-order valence-electron chi connectivity index (χ0n) is 7.44. The molecule has 0 saturated carbocycles. The molecule has 0 aromatic rings. The molecule has 0 radical (unpaired) electrons. The average molecular weight is 182 g/mol. The van der Waals surface area contributed by atoms with E-state index in [0.717, 1.165) is 38.5 Å². The van der Waals surface area contributed by atoms with E-state index in [0.29, 0.717) is 6.04 Å². The van der Waals surface area contributed by atoms with Gasteiger partial charge in [0, 0.05) is 12.6 Å². The fourth-order valence-electron chi connectivity index (χ4n) is 1.66. The van der Waals surface area contributed by atoms with Crippen LogP contribution >= 0.6 is 0 Å². The third kappa shape index (κ3) is 1.60. The molecule has 2 aliphatic heterocycles. The fourth-order valence-corrected chi connectivity index (χ4v) is 1.66. The summed E-state index contributed by atoms with van der Waals surface area (Å²) in [5.41, 5.74) is 5.57. The molecule has 13 heavy (non-hydrogen) atoms. The van der Waals surface area contributed by atoms with E-state index in [2.05, 4.69) is 10.2 Å². The van der Waals surface area contributed by atoms with Crippen molar-refractivity contribution in [1.29, 1.82) is 0 Å². The van der Waals surface area contributed by atoms with Crippen molar-refractivity contribution in [1.82, 2.24) is 15.1 Å². The van der Waals surface area contributed by atoms with E-state index < -0.39 is 0 Å². The quantitative estimate of drug-likeness (QED) is 0.529. The third-order valence-electron chi connectivity index (χ3n) is 2.54. The summed E-state index contributed by atoms with van der Waals surface area (Å²) >= 11 is 0. The van der Waals surface area contributed by atoms with E-state index >= 15 is 0 Å². The molecule has 0 bridgehead atoms. The molecule has 5 heteroatoms. The summed E-state index contributed by atoms with van der Waals surface area (Å²) in [5, 5.41) is 3.10. The van der Waals surface area contributed by atoms with Crippen LogP contribution in [0.3, 0.4) is 0 Å². The number of nitrogens with zero attached hydrogens (tertiary/aromatic N) is 2.